The molecule has 1 saturated heterocycles. The van der Waals surface area contributed by atoms with Crippen molar-refractivity contribution in [3.8, 4) is 5.75 Å². The molecule has 0 bridgehead atoms. The smallest absolute Gasteiger partial charge is 0.132 e. The molecule has 3 atom stereocenters. The van der Waals surface area contributed by atoms with E-state index in [4.69, 9.17) is 4.74 Å². The maximum atomic E-state index is 13.9. The van der Waals surface area contributed by atoms with Gasteiger partial charge < -0.3 is 14.7 Å². The second-order valence-corrected chi connectivity index (χ2v) is 5.85. The summed E-state index contributed by atoms with van der Waals surface area (Å²) in [7, 11) is 1.50. The van der Waals surface area contributed by atoms with Crippen molar-refractivity contribution in [1.82, 2.24) is 4.90 Å². The first-order valence-electron chi connectivity index (χ1n) is 7.27. The van der Waals surface area contributed by atoms with Crippen molar-refractivity contribution in [2.45, 2.75) is 38.8 Å². The molecule has 2 rings (SSSR count). The van der Waals surface area contributed by atoms with Crippen LogP contribution >= 0.6 is 0 Å². The quantitative estimate of drug-likeness (QED) is 0.900. The van der Waals surface area contributed by atoms with Gasteiger partial charge in [-0.3, -0.25) is 0 Å². The molecule has 1 fully saturated rings. The number of hydrogen-bond acceptors (Lipinski definition) is 3. The number of ether oxygens (including phenoxy) is 1. The first kappa shape index (κ1) is 15.3. The van der Waals surface area contributed by atoms with Crippen molar-refractivity contribution in [3.63, 3.8) is 0 Å². The highest BCUT2D eigenvalue weighted by Gasteiger charge is 2.27. The molecule has 1 aliphatic rings. The van der Waals surface area contributed by atoms with Crippen LogP contribution in [0.15, 0.2) is 18.2 Å². The van der Waals surface area contributed by atoms with Gasteiger partial charge in [0.1, 0.15) is 11.6 Å². The first-order valence-corrected chi connectivity index (χ1v) is 7.27. The average Bonchev–Trinajstić information content (AvgIpc) is 2.74. The molecule has 1 N–H and O–H groups in total. The molecule has 0 radical (unpaired) electrons. The fourth-order valence-electron chi connectivity index (χ4n) is 3.15. The van der Waals surface area contributed by atoms with Crippen LogP contribution in [0.25, 0.3) is 0 Å². The van der Waals surface area contributed by atoms with Crippen molar-refractivity contribution < 1.29 is 14.2 Å². The number of methoxy groups -OCH3 is 1. The number of benzene rings is 1. The summed E-state index contributed by atoms with van der Waals surface area (Å²) >= 11 is 0. The number of halogens is 1. The van der Waals surface area contributed by atoms with Crippen LogP contribution in [0, 0.1) is 11.7 Å². The van der Waals surface area contributed by atoms with Gasteiger partial charge in [-0.15, -0.1) is 0 Å². The van der Waals surface area contributed by atoms with E-state index >= 15 is 0 Å². The molecule has 112 valence electrons. The van der Waals surface area contributed by atoms with Gasteiger partial charge in [0.2, 0.25) is 0 Å². The van der Waals surface area contributed by atoms with Crippen LogP contribution in [0.2, 0.25) is 0 Å². The van der Waals surface area contributed by atoms with Crippen LogP contribution in [0.5, 0.6) is 5.75 Å². The van der Waals surface area contributed by atoms with Crippen molar-refractivity contribution in [3.05, 3.63) is 29.6 Å². The Hall–Kier alpha value is -1.13. The third kappa shape index (κ3) is 3.30. The summed E-state index contributed by atoms with van der Waals surface area (Å²) in [6.07, 6.45) is 0.891. The standard InChI is InChI=1S/C16H24FNO2/c1-11-9-12(2)18(10-11)8-7-14(19)16-13(17)5-4-6-15(16)20-3/h4-6,11-12,14,19H,7-10H2,1-3H3. The number of aliphatic hydroxyl groups excluding tert-OH is 1. The zero-order chi connectivity index (χ0) is 14.7. The Bertz CT molecular complexity index is 452. The fraction of sp³-hybridized carbons (Fsp3) is 0.625. The summed E-state index contributed by atoms with van der Waals surface area (Å²) in [5.74, 6) is 0.713. The molecule has 4 heteroatoms. The molecule has 3 unspecified atom stereocenters. The van der Waals surface area contributed by atoms with Gasteiger partial charge in [0.25, 0.3) is 0 Å². The Morgan fingerprint density at radius 1 is 1.45 bits per heavy atom. The minimum atomic E-state index is -0.825. The first-order chi connectivity index (χ1) is 9.52. The Morgan fingerprint density at radius 3 is 2.80 bits per heavy atom. The number of nitrogens with zero attached hydrogens (tertiary/aromatic N) is 1. The van der Waals surface area contributed by atoms with Crippen LogP contribution in [-0.4, -0.2) is 36.2 Å². The Kier molecular flexibility index (Phi) is 5.00. The summed E-state index contributed by atoms with van der Waals surface area (Å²) in [5, 5.41) is 10.3. The highest BCUT2D eigenvalue weighted by Crippen LogP contribution is 2.31. The molecule has 0 amide bonds. The summed E-state index contributed by atoms with van der Waals surface area (Å²) in [5.41, 5.74) is 0.273. The van der Waals surface area contributed by atoms with Gasteiger partial charge in [0.15, 0.2) is 0 Å². The molecule has 20 heavy (non-hydrogen) atoms. The monoisotopic (exact) mass is 281 g/mol. The van der Waals surface area contributed by atoms with E-state index in [-0.39, 0.29) is 5.56 Å². The largest absolute Gasteiger partial charge is 0.496 e. The second-order valence-electron chi connectivity index (χ2n) is 5.85. The molecule has 1 heterocycles. The van der Waals surface area contributed by atoms with Crippen molar-refractivity contribution in [2.75, 3.05) is 20.2 Å². The number of likely N-dealkylation sites (tertiary alicyclic amines) is 1. The van der Waals surface area contributed by atoms with Crippen molar-refractivity contribution in [2.24, 2.45) is 5.92 Å². The van der Waals surface area contributed by atoms with Gasteiger partial charge in [0.05, 0.1) is 18.8 Å². The van der Waals surface area contributed by atoms with E-state index < -0.39 is 11.9 Å². The third-order valence-electron chi connectivity index (χ3n) is 4.17. The van der Waals surface area contributed by atoms with Crippen LogP contribution in [0.3, 0.4) is 0 Å². The minimum Gasteiger partial charge on any atom is -0.496 e. The van der Waals surface area contributed by atoms with E-state index in [1.165, 1.54) is 19.6 Å². The number of rotatable bonds is 5. The Morgan fingerprint density at radius 2 is 2.20 bits per heavy atom. The van der Waals surface area contributed by atoms with E-state index in [1.54, 1.807) is 12.1 Å². The molecule has 0 spiro atoms. The number of hydrogen-bond donors (Lipinski definition) is 1. The Balaban J connectivity index is 2.00. The molecule has 3 nitrogen and oxygen atoms in total. The molecule has 0 aromatic heterocycles. The van der Waals surface area contributed by atoms with Gasteiger partial charge in [-0.05, 0) is 37.8 Å². The van der Waals surface area contributed by atoms with Crippen molar-refractivity contribution >= 4 is 0 Å². The molecular formula is C16H24FNO2. The van der Waals surface area contributed by atoms with Gasteiger partial charge in [0, 0.05) is 19.1 Å². The lowest BCUT2D eigenvalue weighted by Crippen LogP contribution is -2.29. The maximum absolute atomic E-state index is 13.9. The van der Waals surface area contributed by atoms with Gasteiger partial charge >= 0.3 is 0 Å². The maximum Gasteiger partial charge on any atom is 0.132 e. The lowest BCUT2D eigenvalue weighted by molar-refractivity contribution is 0.133. The lowest BCUT2D eigenvalue weighted by atomic mass is 10.0. The van der Waals surface area contributed by atoms with Crippen LogP contribution < -0.4 is 4.74 Å². The minimum absolute atomic E-state index is 0.273. The molecule has 0 saturated carbocycles. The lowest BCUT2D eigenvalue weighted by Gasteiger charge is -2.23. The van der Waals surface area contributed by atoms with Gasteiger partial charge in [-0.1, -0.05) is 13.0 Å². The van der Waals surface area contributed by atoms with Crippen molar-refractivity contribution in [1.29, 1.82) is 0 Å². The third-order valence-corrected chi connectivity index (χ3v) is 4.17. The zero-order valence-corrected chi connectivity index (χ0v) is 12.5. The fourth-order valence-corrected chi connectivity index (χ4v) is 3.15. The van der Waals surface area contributed by atoms with E-state index in [9.17, 15) is 9.50 Å². The molecule has 0 aliphatic carbocycles. The van der Waals surface area contributed by atoms with Crippen LogP contribution in [-0.2, 0) is 0 Å². The van der Waals surface area contributed by atoms with Gasteiger partial charge in [-0.25, -0.2) is 4.39 Å². The van der Waals surface area contributed by atoms with E-state index in [2.05, 4.69) is 18.7 Å². The predicted molar refractivity (Wildman–Crippen MR) is 77.3 cm³/mol. The second kappa shape index (κ2) is 6.55. The topological polar surface area (TPSA) is 32.7 Å². The molecule has 1 aromatic rings. The van der Waals surface area contributed by atoms with E-state index in [1.807, 2.05) is 0 Å². The highest BCUT2D eigenvalue weighted by molar-refractivity contribution is 5.36. The van der Waals surface area contributed by atoms with Crippen LogP contribution in [0.1, 0.15) is 38.4 Å². The molecule has 1 aromatic carbocycles. The zero-order valence-electron chi connectivity index (χ0n) is 12.5. The van der Waals surface area contributed by atoms with E-state index in [0.717, 1.165) is 13.1 Å². The summed E-state index contributed by atoms with van der Waals surface area (Å²) in [6, 6.07) is 5.18. The van der Waals surface area contributed by atoms with Crippen LogP contribution in [0.4, 0.5) is 4.39 Å². The number of aliphatic hydroxyl groups is 1. The molecule has 1 aliphatic heterocycles. The normalized spacial score (nSPS) is 24.9. The summed E-state index contributed by atoms with van der Waals surface area (Å²) < 4.78 is 19.0. The summed E-state index contributed by atoms with van der Waals surface area (Å²) in [6.45, 7) is 6.29. The Labute approximate surface area is 120 Å². The summed E-state index contributed by atoms with van der Waals surface area (Å²) in [4.78, 5) is 2.36. The SMILES string of the molecule is COc1cccc(F)c1C(O)CCN1CC(C)CC1C. The predicted octanol–water partition coefficient (Wildman–Crippen LogP) is 2.99. The molecular weight excluding hydrogens is 257 g/mol. The highest BCUT2D eigenvalue weighted by atomic mass is 19.1. The average molecular weight is 281 g/mol. The van der Waals surface area contributed by atoms with E-state index in [0.29, 0.717) is 24.1 Å². The van der Waals surface area contributed by atoms with Gasteiger partial charge in [-0.2, -0.15) is 0 Å².